The molecule has 2 rings (SSSR count). The first kappa shape index (κ1) is 15.2. The van der Waals surface area contributed by atoms with Gasteiger partial charge in [-0.15, -0.1) is 0 Å². The molecule has 0 bridgehead atoms. The van der Waals surface area contributed by atoms with E-state index in [4.69, 9.17) is 21.1 Å². The van der Waals surface area contributed by atoms with Gasteiger partial charge in [0.1, 0.15) is 12.0 Å². The van der Waals surface area contributed by atoms with E-state index in [1.807, 2.05) is 0 Å². The second-order valence-electron chi connectivity index (χ2n) is 4.15. The number of furan rings is 1. The minimum absolute atomic E-state index is 0.0288. The number of alkyl halides is 3. The first-order valence-corrected chi connectivity index (χ1v) is 6.06. The maximum absolute atomic E-state index is 12.7. The lowest BCUT2D eigenvalue weighted by molar-refractivity contribution is -0.137. The van der Waals surface area contributed by atoms with Gasteiger partial charge in [-0.3, -0.25) is 0 Å². The quantitative estimate of drug-likeness (QED) is 0.883. The summed E-state index contributed by atoms with van der Waals surface area (Å²) in [6, 6.07) is 4.69. The second-order valence-corrected chi connectivity index (χ2v) is 4.56. The number of nitrogens with one attached hydrogen (secondary N) is 1. The molecule has 1 aromatic heterocycles. The van der Waals surface area contributed by atoms with Crippen LogP contribution in [-0.4, -0.2) is 11.1 Å². The van der Waals surface area contributed by atoms with Gasteiger partial charge in [0.25, 0.3) is 0 Å². The van der Waals surface area contributed by atoms with Crippen LogP contribution in [0.1, 0.15) is 21.7 Å². The van der Waals surface area contributed by atoms with E-state index < -0.39 is 17.7 Å². The molecule has 0 unspecified atom stereocenters. The van der Waals surface area contributed by atoms with Crippen LogP contribution in [0.5, 0.6) is 0 Å². The number of hydrogen-bond acceptors (Lipinski definition) is 3. The number of benzene rings is 1. The molecule has 0 saturated carbocycles. The van der Waals surface area contributed by atoms with Crippen LogP contribution in [0.2, 0.25) is 5.02 Å². The van der Waals surface area contributed by atoms with E-state index in [1.165, 1.54) is 12.1 Å². The molecule has 0 amide bonds. The van der Waals surface area contributed by atoms with Gasteiger partial charge in [0.2, 0.25) is 0 Å². The fourth-order valence-corrected chi connectivity index (χ4v) is 1.85. The van der Waals surface area contributed by atoms with Crippen LogP contribution in [0, 0.1) is 0 Å². The molecule has 0 spiro atoms. The molecule has 0 saturated heterocycles. The van der Waals surface area contributed by atoms with Gasteiger partial charge in [0, 0.05) is 5.69 Å². The van der Waals surface area contributed by atoms with E-state index in [0.717, 1.165) is 18.4 Å². The zero-order valence-corrected chi connectivity index (χ0v) is 11.1. The van der Waals surface area contributed by atoms with Gasteiger partial charge >= 0.3 is 12.1 Å². The molecule has 21 heavy (non-hydrogen) atoms. The van der Waals surface area contributed by atoms with Crippen molar-refractivity contribution in [1.29, 1.82) is 0 Å². The number of carboxylic acids is 1. The summed E-state index contributed by atoms with van der Waals surface area (Å²) in [6.45, 7) is 0.0478. The Morgan fingerprint density at radius 3 is 2.62 bits per heavy atom. The highest BCUT2D eigenvalue weighted by Gasteiger charge is 2.33. The summed E-state index contributed by atoms with van der Waals surface area (Å²) in [6.07, 6.45) is -3.49. The molecule has 0 atom stereocenters. The highest BCUT2D eigenvalue weighted by atomic mass is 35.5. The Kier molecular flexibility index (Phi) is 4.13. The third kappa shape index (κ3) is 3.69. The highest BCUT2D eigenvalue weighted by Crippen LogP contribution is 2.36. The van der Waals surface area contributed by atoms with Crippen LogP contribution in [-0.2, 0) is 12.7 Å². The largest absolute Gasteiger partial charge is 0.478 e. The topological polar surface area (TPSA) is 62.5 Å². The van der Waals surface area contributed by atoms with E-state index in [-0.39, 0.29) is 28.6 Å². The number of carbonyl (C=O) groups is 1. The number of carboxylic acid groups (broad SMARTS) is 1. The first-order chi connectivity index (χ1) is 9.77. The van der Waals surface area contributed by atoms with Crippen molar-refractivity contribution in [2.45, 2.75) is 12.7 Å². The van der Waals surface area contributed by atoms with Crippen molar-refractivity contribution in [3.63, 3.8) is 0 Å². The number of rotatable bonds is 4. The third-order valence-corrected chi connectivity index (χ3v) is 2.97. The monoisotopic (exact) mass is 319 g/mol. The van der Waals surface area contributed by atoms with E-state index in [1.54, 1.807) is 0 Å². The average molecular weight is 320 g/mol. The number of aromatic carboxylic acids is 1. The molecule has 0 aliphatic carbocycles. The smallest absolute Gasteiger partial charge is 0.417 e. The van der Waals surface area contributed by atoms with Crippen molar-refractivity contribution in [3.05, 3.63) is 52.4 Å². The van der Waals surface area contributed by atoms with Gasteiger partial charge in [-0.25, -0.2) is 4.79 Å². The maximum atomic E-state index is 12.7. The Morgan fingerprint density at radius 1 is 1.33 bits per heavy atom. The molecular weight excluding hydrogens is 311 g/mol. The van der Waals surface area contributed by atoms with Crippen LogP contribution in [0.15, 0.2) is 34.9 Å². The number of hydrogen-bond donors (Lipinski definition) is 2. The Hall–Kier alpha value is -2.15. The Morgan fingerprint density at radius 2 is 2.05 bits per heavy atom. The van der Waals surface area contributed by atoms with E-state index >= 15 is 0 Å². The lowest BCUT2D eigenvalue weighted by atomic mass is 10.2. The Bertz CT molecular complexity index is 667. The van der Waals surface area contributed by atoms with Crippen LogP contribution in [0.3, 0.4) is 0 Å². The molecule has 1 aromatic carbocycles. The molecule has 0 fully saturated rings. The minimum Gasteiger partial charge on any atom is -0.478 e. The summed E-state index contributed by atoms with van der Waals surface area (Å²) < 4.78 is 43.0. The molecule has 0 radical (unpaired) electrons. The summed E-state index contributed by atoms with van der Waals surface area (Å²) in [5, 5.41) is 11.0. The third-order valence-electron chi connectivity index (χ3n) is 2.64. The molecule has 1 heterocycles. The minimum atomic E-state index is -4.55. The van der Waals surface area contributed by atoms with Crippen molar-refractivity contribution in [1.82, 2.24) is 0 Å². The summed E-state index contributed by atoms with van der Waals surface area (Å²) in [5.41, 5.74) is -0.779. The second kappa shape index (κ2) is 5.69. The zero-order valence-electron chi connectivity index (χ0n) is 10.4. The van der Waals surface area contributed by atoms with E-state index in [2.05, 4.69) is 5.32 Å². The van der Waals surface area contributed by atoms with Crippen molar-refractivity contribution in [2.75, 3.05) is 5.32 Å². The molecule has 0 aliphatic rings. The molecule has 2 N–H and O–H groups in total. The average Bonchev–Trinajstić information content (AvgIpc) is 2.85. The van der Waals surface area contributed by atoms with Gasteiger partial charge in [0.15, 0.2) is 0 Å². The fourth-order valence-electron chi connectivity index (χ4n) is 1.63. The van der Waals surface area contributed by atoms with Crippen LogP contribution in [0.25, 0.3) is 0 Å². The Labute approximate surface area is 122 Å². The van der Waals surface area contributed by atoms with Gasteiger partial charge in [-0.2, -0.15) is 13.2 Å². The summed E-state index contributed by atoms with van der Waals surface area (Å²) in [4.78, 5) is 10.7. The van der Waals surface area contributed by atoms with Crippen molar-refractivity contribution in [2.24, 2.45) is 0 Å². The number of anilines is 1. The highest BCUT2D eigenvalue weighted by molar-refractivity contribution is 6.31. The molecule has 8 heteroatoms. The van der Waals surface area contributed by atoms with Crippen molar-refractivity contribution >= 4 is 23.3 Å². The Balaban J connectivity index is 2.11. The van der Waals surface area contributed by atoms with Crippen LogP contribution in [0.4, 0.5) is 18.9 Å². The lowest BCUT2D eigenvalue weighted by Gasteiger charge is -2.11. The summed E-state index contributed by atoms with van der Waals surface area (Å²) >= 11 is 5.50. The molecule has 112 valence electrons. The van der Waals surface area contributed by atoms with Gasteiger partial charge < -0.3 is 14.8 Å². The predicted octanol–water partition coefficient (Wildman–Crippen LogP) is 4.26. The molecular formula is C13H9ClF3NO3. The predicted molar refractivity (Wildman–Crippen MR) is 69.4 cm³/mol. The fraction of sp³-hybridized carbons (Fsp3) is 0.154. The van der Waals surface area contributed by atoms with E-state index in [9.17, 15) is 18.0 Å². The van der Waals surface area contributed by atoms with Crippen molar-refractivity contribution in [3.8, 4) is 0 Å². The molecule has 2 aromatic rings. The van der Waals surface area contributed by atoms with Gasteiger partial charge in [-0.05, 0) is 24.3 Å². The van der Waals surface area contributed by atoms with E-state index in [0.29, 0.717) is 0 Å². The normalized spacial score (nSPS) is 11.4. The van der Waals surface area contributed by atoms with Gasteiger partial charge in [0.05, 0.1) is 22.7 Å². The zero-order chi connectivity index (χ0) is 15.6. The maximum Gasteiger partial charge on any atom is 0.417 e. The van der Waals surface area contributed by atoms with Crippen molar-refractivity contribution < 1.29 is 27.5 Å². The molecule has 0 aliphatic heterocycles. The summed E-state index contributed by atoms with van der Waals surface area (Å²) in [7, 11) is 0. The standard InChI is InChI=1S/C13H9ClF3NO3/c14-11-2-1-8(4-10(11)13(15,16)17)18-5-9-3-7(6-21-9)12(19)20/h1-4,6,18H,5H2,(H,19,20). The SMILES string of the molecule is O=C(O)c1coc(CNc2ccc(Cl)c(C(F)(F)F)c2)c1. The van der Waals surface area contributed by atoms with Gasteiger partial charge in [-0.1, -0.05) is 11.6 Å². The summed E-state index contributed by atoms with van der Waals surface area (Å²) in [5.74, 6) is -0.855. The molecule has 4 nitrogen and oxygen atoms in total. The first-order valence-electron chi connectivity index (χ1n) is 5.68. The van der Waals surface area contributed by atoms with Crippen LogP contribution >= 0.6 is 11.6 Å². The number of halogens is 4. The van der Waals surface area contributed by atoms with Crippen LogP contribution < -0.4 is 5.32 Å². The lowest BCUT2D eigenvalue weighted by Crippen LogP contribution is -2.07.